The van der Waals surface area contributed by atoms with Crippen LogP contribution in [0, 0.1) is 0 Å². The van der Waals surface area contributed by atoms with Crippen LogP contribution < -0.4 is 15.2 Å². The second-order valence-electron chi connectivity index (χ2n) is 4.10. The van der Waals surface area contributed by atoms with E-state index in [1.807, 2.05) is 13.0 Å². The van der Waals surface area contributed by atoms with Crippen molar-refractivity contribution in [2.45, 2.75) is 30.1 Å². The zero-order valence-electron chi connectivity index (χ0n) is 9.97. The minimum atomic E-state index is -0.382. The summed E-state index contributed by atoms with van der Waals surface area (Å²) in [5, 5.41) is 9.58. The molecule has 5 heteroatoms. The Morgan fingerprint density at radius 2 is 1.82 bits per heavy atom. The minimum Gasteiger partial charge on any atom is -0.486 e. The predicted octanol–water partition coefficient (Wildman–Crippen LogP) is 1.90. The first-order valence-corrected chi connectivity index (χ1v) is 6.49. The van der Waals surface area contributed by atoms with Crippen LogP contribution in [0.4, 0.5) is 5.69 Å². The van der Waals surface area contributed by atoms with E-state index in [0.717, 1.165) is 10.6 Å². The fraction of sp³-hybridized carbons (Fsp3) is 0.500. The summed E-state index contributed by atoms with van der Waals surface area (Å²) in [6.07, 6.45) is -0.382. The number of rotatable bonds is 3. The van der Waals surface area contributed by atoms with E-state index in [1.165, 1.54) is 0 Å². The van der Waals surface area contributed by atoms with Gasteiger partial charge >= 0.3 is 0 Å². The van der Waals surface area contributed by atoms with Gasteiger partial charge in [0.1, 0.15) is 13.2 Å². The van der Waals surface area contributed by atoms with Gasteiger partial charge < -0.3 is 20.3 Å². The van der Waals surface area contributed by atoms with Gasteiger partial charge in [-0.25, -0.2) is 0 Å². The number of hydrogen-bond acceptors (Lipinski definition) is 5. The number of hydrogen-bond donors (Lipinski definition) is 2. The van der Waals surface area contributed by atoms with E-state index in [1.54, 1.807) is 24.8 Å². The van der Waals surface area contributed by atoms with Gasteiger partial charge in [-0.2, -0.15) is 0 Å². The average molecular weight is 255 g/mol. The van der Waals surface area contributed by atoms with Crippen LogP contribution in [0.25, 0.3) is 0 Å². The van der Waals surface area contributed by atoms with Gasteiger partial charge in [-0.15, -0.1) is 11.8 Å². The van der Waals surface area contributed by atoms with E-state index < -0.39 is 0 Å². The molecule has 0 saturated heterocycles. The molecule has 1 heterocycles. The SMILES string of the molecule is CC(O)C(C)Sc1cc2c(cc1N)OCCO2. The third-order valence-corrected chi connectivity index (χ3v) is 4.04. The standard InChI is InChI=1S/C12H17NO3S/c1-7(14)8(2)17-12-6-11-10(5-9(12)13)15-3-4-16-11/h5-8,14H,3-4,13H2,1-2H3. The van der Waals surface area contributed by atoms with Gasteiger partial charge in [-0.3, -0.25) is 0 Å². The summed E-state index contributed by atoms with van der Waals surface area (Å²) in [6, 6.07) is 3.67. The minimum absolute atomic E-state index is 0.0832. The topological polar surface area (TPSA) is 64.7 Å². The van der Waals surface area contributed by atoms with Crippen LogP contribution in [0.15, 0.2) is 17.0 Å². The molecule has 1 aliphatic rings. The largest absolute Gasteiger partial charge is 0.486 e. The van der Waals surface area contributed by atoms with E-state index in [0.29, 0.717) is 24.7 Å². The summed E-state index contributed by atoms with van der Waals surface area (Å²) in [4.78, 5) is 0.919. The van der Waals surface area contributed by atoms with E-state index in [4.69, 9.17) is 15.2 Å². The Bertz CT molecular complexity index is 409. The smallest absolute Gasteiger partial charge is 0.163 e. The first kappa shape index (κ1) is 12.4. The molecule has 2 atom stereocenters. The average Bonchev–Trinajstić information content (AvgIpc) is 2.29. The molecule has 94 valence electrons. The van der Waals surface area contributed by atoms with E-state index in [2.05, 4.69) is 0 Å². The zero-order valence-corrected chi connectivity index (χ0v) is 10.8. The summed E-state index contributed by atoms with van der Waals surface area (Å²) in [5.74, 6) is 1.42. The van der Waals surface area contributed by atoms with Gasteiger partial charge in [0, 0.05) is 21.9 Å². The van der Waals surface area contributed by atoms with Gasteiger partial charge in [0.25, 0.3) is 0 Å². The number of thioether (sulfide) groups is 1. The van der Waals surface area contributed by atoms with Crippen molar-refractivity contribution in [3.8, 4) is 11.5 Å². The molecule has 1 aromatic rings. The van der Waals surface area contributed by atoms with Crippen LogP contribution in [0.5, 0.6) is 11.5 Å². The molecule has 2 rings (SSSR count). The Morgan fingerprint density at radius 1 is 1.24 bits per heavy atom. The van der Waals surface area contributed by atoms with Crippen molar-refractivity contribution in [3.05, 3.63) is 12.1 Å². The lowest BCUT2D eigenvalue weighted by molar-refractivity contribution is 0.171. The maximum Gasteiger partial charge on any atom is 0.163 e. The second-order valence-corrected chi connectivity index (χ2v) is 5.52. The molecule has 3 N–H and O–H groups in total. The lowest BCUT2D eigenvalue weighted by Gasteiger charge is -2.21. The van der Waals surface area contributed by atoms with Gasteiger partial charge in [0.05, 0.1) is 6.10 Å². The molecule has 1 aromatic carbocycles. The van der Waals surface area contributed by atoms with E-state index in [-0.39, 0.29) is 11.4 Å². The number of ether oxygens (including phenoxy) is 2. The number of aliphatic hydroxyl groups is 1. The molecule has 0 aromatic heterocycles. The molecule has 0 spiro atoms. The quantitative estimate of drug-likeness (QED) is 0.638. The summed E-state index contributed by atoms with van der Waals surface area (Å²) in [6.45, 7) is 4.85. The van der Waals surface area contributed by atoms with Gasteiger partial charge in [0.15, 0.2) is 11.5 Å². The van der Waals surface area contributed by atoms with Gasteiger partial charge in [-0.05, 0) is 13.0 Å². The van der Waals surface area contributed by atoms with Gasteiger partial charge in [-0.1, -0.05) is 6.92 Å². The number of benzene rings is 1. The van der Waals surface area contributed by atoms with Crippen molar-refractivity contribution in [2.24, 2.45) is 0 Å². The van der Waals surface area contributed by atoms with Crippen molar-refractivity contribution in [1.29, 1.82) is 0 Å². The number of nitrogens with two attached hydrogens (primary N) is 1. The molecular weight excluding hydrogens is 238 g/mol. The first-order valence-electron chi connectivity index (χ1n) is 5.62. The number of fused-ring (bicyclic) bond motifs is 1. The molecule has 0 radical (unpaired) electrons. The van der Waals surface area contributed by atoms with Crippen LogP contribution in [-0.2, 0) is 0 Å². The van der Waals surface area contributed by atoms with Gasteiger partial charge in [0.2, 0.25) is 0 Å². The Balaban J connectivity index is 2.22. The molecule has 17 heavy (non-hydrogen) atoms. The van der Waals surface area contributed by atoms with E-state index >= 15 is 0 Å². The molecule has 0 fully saturated rings. The maximum atomic E-state index is 9.49. The maximum absolute atomic E-state index is 9.49. The van der Waals surface area contributed by atoms with Crippen molar-refractivity contribution in [1.82, 2.24) is 0 Å². The summed E-state index contributed by atoms with van der Waals surface area (Å²) >= 11 is 1.54. The number of aliphatic hydroxyl groups excluding tert-OH is 1. The van der Waals surface area contributed by atoms with Crippen molar-refractivity contribution in [2.75, 3.05) is 18.9 Å². The third-order valence-electron chi connectivity index (χ3n) is 2.67. The molecule has 0 amide bonds. The number of nitrogen functional groups attached to an aromatic ring is 1. The van der Waals surface area contributed by atoms with Crippen LogP contribution in [0.1, 0.15) is 13.8 Å². The van der Waals surface area contributed by atoms with Crippen LogP contribution in [-0.4, -0.2) is 29.7 Å². The molecule has 0 bridgehead atoms. The lowest BCUT2D eigenvalue weighted by Crippen LogP contribution is -2.17. The Hall–Kier alpha value is -1.07. The highest BCUT2D eigenvalue weighted by Gasteiger charge is 2.17. The summed E-state index contributed by atoms with van der Waals surface area (Å²) < 4.78 is 11.0. The van der Waals surface area contributed by atoms with Crippen LogP contribution >= 0.6 is 11.8 Å². The first-order chi connectivity index (χ1) is 8.08. The molecular formula is C12H17NO3S. The molecule has 4 nitrogen and oxygen atoms in total. The fourth-order valence-corrected chi connectivity index (χ4v) is 2.45. The normalized spacial score (nSPS) is 17.6. The van der Waals surface area contributed by atoms with Crippen LogP contribution in [0.2, 0.25) is 0 Å². The number of anilines is 1. The second kappa shape index (κ2) is 5.06. The molecule has 1 aliphatic heterocycles. The summed E-state index contributed by atoms with van der Waals surface area (Å²) in [5.41, 5.74) is 6.61. The lowest BCUT2D eigenvalue weighted by atomic mass is 10.2. The van der Waals surface area contributed by atoms with Crippen molar-refractivity contribution >= 4 is 17.4 Å². The third kappa shape index (κ3) is 2.79. The molecule has 2 unspecified atom stereocenters. The Morgan fingerprint density at radius 3 is 2.41 bits per heavy atom. The zero-order chi connectivity index (χ0) is 12.4. The van der Waals surface area contributed by atoms with E-state index in [9.17, 15) is 5.11 Å². The van der Waals surface area contributed by atoms with Crippen molar-refractivity contribution in [3.63, 3.8) is 0 Å². The highest BCUT2D eigenvalue weighted by atomic mass is 32.2. The predicted molar refractivity (Wildman–Crippen MR) is 68.8 cm³/mol. The molecule has 0 aliphatic carbocycles. The van der Waals surface area contributed by atoms with Crippen LogP contribution in [0.3, 0.4) is 0 Å². The summed E-state index contributed by atoms with van der Waals surface area (Å²) in [7, 11) is 0. The Labute approximate surface area is 105 Å². The fourth-order valence-electron chi connectivity index (χ4n) is 1.49. The highest BCUT2D eigenvalue weighted by Crippen LogP contribution is 2.40. The Kier molecular flexibility index (Phi) is 3.69. The van der Waals surface area contributed by atoms with Crippen molar-refractivity contribution < 1.29 is 14.6 Å². The molecule has 0 saturated carbocycles. The monoisotopic (exact) mass is 255 g/mol. The highest BCUT2D eigenvalue weighted by molar-refractivity contribution is 8.00.